The van der Waals surface area contributed by atoms with Crippen molar-refractivity contribution in [3.05, 3.63) is 71.4 Å². The number of rotatable bonds is 7. The monoisotopic (exact) mass is 348 g/mol. The van der Waals surface area contributed by atoms with Crippen molar-refractivity contribution in [3.63, 3.8) is 0 Å². The topological polar surface area (TPSA) is 59.1 Å². The van der Waals surface area contributed by atoms with Crippen LogP contribution in [0.25, 0.3) is 0 Å². The molecule has 0 aliphatic rings. The first kappa shape index (κ1) is 17.7. The van der Waals surface area contributed by atoms with E-state index in [0.717, 1.165) is 30.2 Å². The molecule has 0 spiro atoms. The minimum absolute atomic E-state index is 0.591. The summed E-state index contributed by atoms with van der Waals surface area (Å²) in [6.45, 7) is 4.93. The summed E-state index contributed by atoms with van der Waals surface area (Å²) in [6.07, 6.45) is 2.65. The molecule has 0 radical (unpaired) electrons. The molecule has 0 fully saturated rings. The molecule has 2 aromatic carbocycles. The number of benzene rings is 2. The minimum Gasteiger partial charge on any atom is -0.497 e. The Morgan fingerprint density at radius 1 is 1.00 bits per heavy atom. The van der Waals surface area contributed by atoms with Crippen LogP contribution in [0.2, 0.25) is 0 Å². The number of anilines is 3. The van der Waals surface area contributed by atoms with Gasteiger partial charge in [0.2, 0.25) is 5.95 Å². The summed E-state index contributed by atoms with van der Waals surface area (Å²) >= 11 is 0. The molecule has 0 bridgehead atoms. The first-order chi connectivity index (χ1) is 12.7. The van der Waals surface area contributed by atoms with Crippen LogP contribution in [0, 0.1) is 13.8 Å². The molecule has 3 aromatic rings. The molecule has 26 heavy (non-hydrogen) atoms. The van der Waals surface area contributed by atoms with E-state index < -0.39 is 0 Å². The van der Waals surface area contributed by atoms with Crippen LogP contribution in [0.5, 0.6) is 5.75 Å². The van der Waals surface area contributed by atoms with Gasteiger partial charge in [0.05, 0.1) is 7.11 Å². The summed E-state index contributed by atoms with van der Waals surface area (Å²) in [7, 11) is 1.68. The fourth-order valence-corrected chi connectivity index (χ4v) is 2.80. The van der Waals surface area contributed by atoms with Gasteiger partial charge in [-0.3, -0.25) is 0 Å². The van der Waals surface area contributed by atoms with Gasteiger partial charge in [0.1, 0.15) is 11.6 Å². The Kier molecular flexibility index (Phi) is 5.69. The van der Waals surface area contributed by atoms with Crippen molar-refractivity contribution < 1.29 is 4.74 Å². The van der Waals surface area contributed by atoms with E-state index in [2.05, 4.69) is 58.7 Å². The molecule has 134 valence electrons. The molecule has 0 atom stereocenters. The number of aryl methyl sites for hydroxylation is 2. The molecule has 0 amide bonds. The maximum absolute atomic E-state index is 5.26. The number of hydrogen-bond acceptors (Lipinski definition) is 5. The largest absolute Gasteiger partial charge is 0.497 e. The van der Waals surface area contributed by atoms with E-state index in [-0.39, 0.29) is 0 Å². The predicted octanol–water partition coefficient (Wildman–Crippen LogP) is 4.50. The van der Waals surface area contributed by atoms with Crippen LogP contribution in [-0.4, -0.2) is 23.6 Å². The highest BCUT2D eigenvalue weighted by molar-refractivity contribution is 5.63. The van der Waals surface area contributed by atoms with Crippen LogP contribution in [0.4, 0.5) is 17.5 Å². The van der Waals surface area contributed by atoms with Crippen molar-refractivity contribution in [2.75, 3.05) is 24.3 Å². The Hall–Kier alpha value is -3.08. The number of para-hydroxylation sites is 1. The molecule has 0 aliphatic heterocycles. The molecule has 1 heterocycles. The third kappa shape index (κ3) is 4.51. The molecule has 3 rings (SSSR count). The summed E-state index contributed by atoms with van der Waals surface area (Å²) in [4.78, 5) is 8.88. The van der Waals surface area contributed by atoms with Crippen molar-refractivity contribution in [2.45, 2.75) is 20.3 Å². The Balaban J connectivity index is 1.62. The lowest BCUT2D eigenvalue weighted by atomic mass is 10.1. The number of methoxy groups -OCH3 is 1. The van der Waals surface area contributed by atoms with Crippen molar-refractivity contribution in [1.82, 2.24) is 9.97 Å². The molecular weight excluding hydrogens is 324 g/mol. The lowest BCUT2D eigenvalue weighted by Crippen LogP contribution is -2.08. The standard InChI is InChI=1S/C21H24N4O/c1-15-6-4-7-16(2)20(15)25-21-23-13-11-19(24-21)22-12-10-17-8-5-9-18(14-17)26-3/h4-9,11,13-14H,10,12H2,1-3H3,(H2,22,23,24,25). The number of ether oxygens (including phenoxy) is 1. The van der Waals surface area contributed by atoms with Gasteiger partial charge in [-0.15, -0.1) is 0 Å². The highest BCUT2D eigenvalue weighted by Gasteiger charge is 2.05. The van der Waals surface area contributed by atoms with Crippen LogP contribution in [0.15, 0.2) is 54.7 Å². The molecule has 0 saturated carbocycles. The maximum Gasteiger partial charge on any atom is 0.229 e. The van der Waals surface area contributed by atoms with Gasteiger partial charge >= 0.3 is 0 Å². The maximum atomic E-state index is 5.26. The molecule has 0 saturated heterocycles. The number of nitrogens with zero attached hydrogens (tertiary/aromatic N) is 2. The van der Waals surface area contributed by atoms with E-state index >= 15 is 0 Å². The summed E-state index contributed by atoms with van der Waals surface area (Å²) in [5.74, 6) is 2.27. The van der Waals surface area contributed by atoms with E-state index in [9.17, 15) is 0 Å². The van der Waals surface area contributed by atoms with Crippen molar-refractivity contribution >= 4 is 17.5 Å². The Bertz CT molecular complexity index is 859. The van der Waals surface area contributed by atoms with Gasteiger partial charge in [-0.25, -0.2) is 4.98 Å². The number of hydrogen-bond donors (Lipinski definition) is 2. The van der Waals surface area contributed by atoms with Crippen LogP contribution in [0.1, 0.15) is 16.7 Å². The molecule has 0 aliphatic carbocycles. The predicted molar refractivity (Wildman–Crippen MR) is 106 cm³/mol. The second-order valence-corrected chi connectivity index (χ2v) is 6.19. The fourth-order valence-electron chi connectivity index (χ4n) is 2.80. The van der Waals surface area contributed by atoms with Crippen LogP contribution < -0.4 is 15.4 Å². The minimum atomic E-state index is 0.591. The third-order valence-corrected chi connectivity index (χ3v) is 4.23. The normalized spacial score (nSPS) is 10.4. The second kappa shape index (κ2) is 8.34. The van der Waals surface area contributed by atoms with Gasteiger partial charge < -0.3 is 15.4 Å². The zero-order chi connectivity index (χ0) is 18.4. The Morgan fingerprint density at radius 2 is 1.77 bits per heavy atom. The summed E-state index contributed by atoms with van der Waals surface area (Å²) < 4.78 is 5.26. The van der Waals surface area contributed by atoms with Gasteiger partial charge in [0.15, 0.2) is 0 Å². The highest BCUT2D eigenvalue weighted by Crippen LogP contribution is 2.22. The smallest absolute Gasteiger partial charge is 0.229 e. The first-order valence-corrected chi connectivity index (χ1v) is 8.69. The van der Waals surface area contributed by atoms with Crippen molar-refractivity contribution in [2.24, 2.45) is 0 Å². The van der Waals surface area contributed by atoms with Gasteiger partial charge in [0.25, 0.3) is 0 Å². The summed E-state index contributed by atoms with van der Waals surface area (Å²) in [5, 5.41) is 6.68. The second-order valence-electron chi connectivity index (χ2n) is 6.19. The molecule has 0 unspecified atom stereocenters. The van der Waals surface area contributed by atoms with Crippen LogP contribution >= 0.6 is 0 Å². The SMILES string of the molecule is COc1cccc(CCNc2ccnc(Nc3c(C)cccc3C)n2)c1. The Labute approximate surface area is 154 Å². The lowest BCUT2D eigenvalue weighted by molar-refractivity contribution is 0.414. The van der Waals surface area contributed by atoms with Gasteiger partial charge in [-0.1, -0.05) is 30.3 Å². The van der Waals surface area contributed by atoms with Crippen LogP contribution in [0.3, 0.4) is 0 Å². The van der Waals surface area contributed by atoms with E-state index in [4.69, 9.17) is 4.74 Å². The van der Waals surface area contributed by atoms with E-state index in [1.807, 2.05) is 24.3 Å². The molecule has 5 nitrogen and oxygen atoms in total. The van der Waals surface area contributed by atoms with Gasteiger partial charge in [-0.2, -0.15) is 4.98 Å². The molecule has 5 heteroatoms. The van der Waals surface area contributed by atoms with Gasteiger partial charge in [-0.05, 0) is 55.2 Å². The van der Waals surface area contributed by atoms with Crippen LogP contribution in [-0.2, 0) is 6.42 Å². The van der Waals surface area contributed by atoms with Crippen molar-refractivity contribution in [1.29, 1.82) is 0 Å². The summed E-state index contributed by atoms with van der Waals surface area (Å²) in [5.41, 5.74) is 4.62. The fraction of sp³-hybridized carbons (Fsp3) is 0.238. The number of aromatic nitrogens is 2. The number of nitrogens with one attached hydrogen (secondary N) is 2. The summed E-state index contributed by atoms with van der Waals surface area (Å²) in [6, 6.07) is 16.2. The zero-order valence-electron chi connectivity index (χ0n) is 15.4. The first-order valence-electron chi connectivity index (χ1n) is 8.69. The lowest BCUT2D eigenvalue weighted by Gasteiger charge is -2.12. The third-order valence-electron chi connectivity index (χ3n) is 4.23. The quantitative estimate of drug-likeness (QED) is 0.658. The molecule has 2 N–H and O–H groups in total. The molecular formula is C21H24N4O. The zero-order valence-corrected chi connectivity index (χ0v) is 15.4. The Morgan fingerprint density at radius 3 is 2.54 bits per heavy atom. The van der Waals surface area contributed by atoms with Crippen molar-refractivity contribution in [3.8, 4) is 5.75 Å². The molecule has 1 aromatic heterocycles. The average molecular weight is 348 g/mol. The average Bonchev–Trinajstić information content (AvgIpc) is 2.65. The highest BCUT2D eigenvalue weighted by atomic mass is 16.5. The van der Waals surface area contributed by atoms with E-state index in [1.165, 1.54) is 16.7 Å². The van der Waals surface area contributed by atoms with E-state index in [0.29, 0.717) is 5.95 Å². The van der Waals surface area contributed by atoms with Gasteiger partial charge in [0, 0.05) is 18.4 Å². The van der Waals surface area contributed by atoms with E-state index in [1.54, 1.807) is 13.3 Å².